The van der Waals surface area contributed by atoms with Crippen molar-refractivity contribution in [2.75, 3.05) is 0 Å². The van der Waals surface area contributed by atoms with Gasteiger partial charge in [0, 0.05) is 22.9 Å². The van der Waals surface area contributed by atoms with Crippen LogP contribution in [0.3, 0.4) is 0 Å². The van der Waals surface area contributed by atoms with Crippen LogP contribution in [0, 0.1) is 6.92 Å². The van der Waals surface area contributed by atoms with Crippen LogP contribution in [0.15, 0.2) is 33.5 Å². The van der Waals surface area contributed by atoms with Crippen LogP contribution >= 0.6 is 15.9 Å². The molecule has 2 heterocycles. The molecule has 22 heavy (non-hydrogen) atoms. The molecule has 0 bridgehead atoms. The third kappa shape index (κ3) is 2.83. The number of nitrogens with zero attached hydrogens (tertiary/aromatic N) is 3. The zero-order valence-corrected chi connectivity index (χ0v) is 14.1. The summed E-state index contributed by atoms with van der Waals surface area (Å²) in [6.07, 6.45) is 2.35. The Hall–Kier alpha value is -1.95. The van der Waals surface area contributed by atoms with Crippen LogP contribution in [0.5, 0.6) is 0 Å². The van der Waals surface area contributed by atoms with Gasteiger partial charge in [0.2, 0.25) is 0 Å². The Labute approximate surface area is 136 Å². The predicted octanol–water partition coefficient (Wildman–Crippen LogP) is 3.03. The van der Waals surface area contributed by atoms with E-state index in [9.17, 15) is 4.79 Å². The Morgan fingerprint density at radius 3 is 2.64 bits per heavy atom. The van der Waals surface area contributed by atoms with Crippen molar-refractivity contribution >= 4 is 21.7 Å². The zero-order chi connectivity index (χ0) is 15.7. The fourth-order valence-electron chi connectivity index (χ4n) is 2.46. The molecule has 0 spiro atoms. The molecule has 5 nitrogen and oxygen atoms in total. The number of aromatic amines is 1. The molecule has 1 N–H and O–H groups in total. The van der Waals surface area contributed by atoms with Gasteiger partial charge in [0.05, 0.1) is 5.69 Å². The van der Waals surface area contributed by atoms with Gasteiger partial charge in [-0.15, -0.1) is 0 Å². The fraction of sp³-hybridized carbons (Fsp3) is 0.312. The second-order valence-electron chi connectivity index (χ2n) is 5.34. The van der Waals surface area contributed by atoms with Crippen molar-refractivity contribution in [1.29, 1.82) is 0 Å². The molecule has 3 rings (SSSR count). The van der Waals surface area contributed by atoms with E-state index in [1.54, 1.807) is 0 Å². The Kier molecular flexibility index (Phi) is 4.11. The monoisotopic (exact) mass is 360 g/mol. The summed E-state index contributed by atoms with van der Waals surface area (Å²) < 4.78 is 2.47. The van der Waals surface area contributed by atoms with E-state index in [0.29, 0.717) is 17.8 Å². The van der Waals surface area contributed by atoms with E-state index < -0.39 is 0 Å². The van der Waals surface area contributed by atoms with E-state index in [-0.39, 0.29) is 5.56 Å². The normalized spacial score (nSPS) is 11.2. The highest BCUT2D eigenvalue weighted by atomic mass is 79.9. The van der Waals surface area contributed by atoms with Gasteiger partial charge in [-0.25, -0.2) is 4.98 Å². The number of hydrogen-bond donors (Lipinski definition) is 1. The van der Waals surface area contributed by atoms with Crippen LogP contribution in [-0.4, -0.2) is 19.6 Å². The lowest BCUT2D eigenvalue weighted by Crippen LogP contribution is -2.22. The van der Waals surface area contributed by atoms with Gasteiger partial charge in [-0.05, 0) is 31.0 Å². The van der Waals surface area contributed by atoms with Crippen molar-refractivity contribution in [3.63, 3.8) is 0 Å². The van der Waals surface area contributed by atoms with Crippen LogP contribution in [-0.2, 0) is 12.8 Å². The van der Waals surface area contributed by atoms with E-state index >= 15 is 0 Å². The Balaban J connectivity index is 2.05. The smallest absolute Gasteiger partial charge is 0.275 e. The molecule has 1 aromatic carbocycles. The molecule has 0 aliphatic heterocycles. The summed E-state index contributed by atoms with van der Waals surface area (Å²) in [6.45, 7) is 3.94. The lowest BCUT2D eigenvalue weighted by Gasteiger charge is -2.05. The van der Waals surface area contributed by atoms with Gasteiger partial charge in [0.15, 0.2) is 0 Å². The molecule has 0 unspecified atom stereocenters. The Morgan fingerprint density at radius 1 is 1.23 bits per heavy atom. The molecule has 114 valence electrons. The minimum Gasteiger partial charge on any atom is -0.275 e. The first-order chi connectivity index (χ1) is 10.6. The van der Waals surface area contributed by atoms with Gasteiger partial charge < -0.3 is 0 Å². The maximum atomic E-state index is 12.7. The maximum Gasteiger partial charge on any atom is 0.277 e. The minimum atomic E-state index is -0.0692. The minimum absolute atomic E-state index is 0.0692. The van der Waals surface area contributed by atoms with Crippen LogP contribution in [0.2, 0.25) is 0 Å². The third-order valence-electron chi connectivity index (χ3n) is 3.62. The van der Waals surface area contributed by atoms with Crippen molar-refractivity contribution in [2.45, 2.75) is 33.1 Å². The van der Waals surface area contributed by atoms with Crippen LogP contribution in [0.4, 0.5) is 0 Å². The molecule has 0 atom stereocenters. The number of nitrogens with one attached hydrogen (secondary N) is 1. The van der Waals surface area contributed by atoms with Crippen molar-refractivity contribution in [3.05, 3.63) is 61.7 Å². The second-order valence-corrected chi connectivity index (χ2v) is 6.26. The van der Waals surface area contributed by atoms with Gasteiger partial charge in [-0.3, -0.25) is 9.89 Å². The molecule has 0 aliphatic carbocycles. The molecule has 0 saturated carbocycles. The predicted molar refractivity (Wildman–Crippen MR) is 89.3 cm³/mol. The van der Waals surface area contributed by atoms with Gasteiger partial charge >= 0.3 is 0 Å². The number of benzene rings is 1. The van der Waals surface area contributed by atoms with Gasteiger partial charge in [-0.2, -0.15) is 9.50 Å². The number of hydrogen-bond acceptors (Lipinski definition) is 3. The van der Waals surface area contributed by atoms with E-state index in [2.05, 4.69) is 37.9 Å². The van der Waals surface area contributed by atoms with E-state index in [4.69, 9.17) is 0 Å². The lowest BCUT2D eigenvalue weighted by molar-refractivity contribution is 0.797. The van der Waals surface area contributed by atoms with Crippen LogP contribution < -0.4 is 5.56 Å². The highest BCUT2D eigenvalue weighted by Crippen LogP contribution is 2.14. The van der Waals surface area contributed by atoms with Crippen molar-refractivity contribution < 1.29 is 0 Å². The van der Waals surface area contributed by atoms with E-state index in [1.807, 2.05) is 31.2 Å². The standard InChI is InChI=1S/C16H17BrN4O/c1-3-4-14-19-16-18-10(2)13(15(22)21(16)20-14)9-11-5-7-12(17)8-6-11/h5-8H,3-4,9H2,1-2H3,(H,18,19,20). The molecular formula is C16H17BrN4O. The Morgan fingerprint density at radius 2 is 1.95 bits per heavy atom. The summed E-state index contributed by atoms with van der Waals surface area (Å²) in [5.74, 6) is 1.25. The first kappa shape index (κ1) is 15.0. The van der Waals surface area contributed by atoms with Crippen LogP contribution in [0.1, 0.15) is 36.0 Å². The number of aryl methyl sites for hydroxylation is 2. The number of aromatic nitrogens is 4. The number of fused-ring (bicyclic) bond motifs is 1. The molecule has 0 amide bonds. The average molecular weight is 361 g/mol. The van der Waals surface area contributed by atoms with Gasteiger partial charge in [-0.1, -0.05) is 35.0 Å². The molecule has 3 aromatic rings. The van der Waals surface area contributed by atoms with Crippen molar-refractivity contribution in [1.82, 2.24) is 19.6 Å². The first-order valence-corrected chi connectivity index (χ1v) is 8.09. The molecule has 0 radical (unpaired) electrons. The lowest BCUT2D eigenvalue weighted by atomic mass is 10.1. The fourth-order valence-corrected chi connectivity index (χ4v) is 2.72. The SMILES string of the molecule is CCCc1nc2nc(C)c(Cc3ccc(Br)cc3)c(=O)n2[nH]1. The second kappa shape index (κ2) is 6.04. The molecule has 6 heteroatoms. The maximum absolute atomic E-state index is 12.7. The molecule has 0 fully saturated rings. The quantitative estimate of drug-likeness (QED) is 0.777. The molecule has 2 aromatic heterocycles. The summed E-state index contributed by atoms with van der Waals surface area (Å²) in [5, 5.41) is 3.05. The number of H-pyrrole nitrogens is 1. The highest BCUT2D eigenvalue weighted by Gasteiger charge is 2.13. The summed E-state index contributed by atoms with van der Waals surface area (Å²) >= 11 is 3.42. The van der Waals surface area contributed by atoms with Gasteiger partial charge in [0.1, 0.15) is 5.82 Å². The third-order valence-corrected chi connectivity index (χ3v) is 4.15. The topological polar surface area (TPSA) is 63.1 Å². The van der Waals surface area contributed by atoms with Crippen molar-refractivity contribution in [3.8, 4) is 0 Å². The molecule has 0 aliphatic rings. The average Bonchev–Trinajstić information content (AvgIpc) is 2.88. The number of halogens is 1. The van der Waals surface area contributed by atoms with Crippen LogP contribution in [0.25, 0.3) is 5.78 Å². The molecular weight excluding hydrogens is 344 g/mol. The summed E-state index contributed by atoms with van der Waals surface area (Å²) in [5.41, 5.74) is 2.45. The zero-order valence-electron chi connectivity index (χ0n) is 12.6. The Bertz CT molecular complexity index is 864. The van der Waals surface area contributed by atoms with E-state index in [0.717, 1.165) is 34.4 Å². The summed E-state index contributed by atoms with van der Waals surface area (Å²) in [7, 11) is 0. The van der Waals surface area contributed by atoms with Crippen molar-refractivity contribution in [2.24, 2.45) is 0 Å². The van der Waals surface area contributed by atoms with E-state index in [1.165, 1.54) is 4.52 Å². The molecule has 0 saturated heterocycles. The number of rotatable bonds is 4. The highest BCUT2D eigenvalue weighted by molar-refractivity contribution is 9.10. The largest absolute Gasteiger partial charge is 0.277 e. The first-order valence-electron chi connectivity index (χ1n) is 7.30. The summed E-state index contributed by atoms with van der Waals surface area (Å²) in [6, 6.07) is 7.97. The summed E-state index contributed by atoms with van der Waals surface area (Å²) in [4.78, 5) is 21.5. The van der Waals surface area contributed by atoms with Gasteiger partial charge in [0.25, 0.3) is 11.3 Å².